The minimum absolute atomic E-state index is 0.377. The zero-order valence-electron chi connectivity index (χ0n) is 15.0. The van der Waals surface area contributed by atoms with E-state index in [-0.39, 0.29) is 6.61 Å². The molecule has 26 heavy (non-hydrogen) atoms. The Labute approximate surface area is 157 Å². The molecule has 0 saturated heterocycles. The Morgan fingerprint density at radius 3 is 2.50 bits per heavy atom. The first kappa shape index (κ1) is 18.2. The second-order valence-electron chi connectivity index (χ2n) is 6.44. The van der Waals surface area contributed by atoms with E-state index in [1.165, 1.54) is 0 Å². The molecule has 3 aromatic rings. The van der Waals surface area contributed by atoms with Crippen molar-refractivity contribution in [2.45, 2.75) is 27.2 Å². The van der Waals surface area contributed by atoms with Crippen molar-refractivity contribution in [3.8, 4) is 5.75 Å². The van der Waals surface area contributed by atoms with Gasteiger partial charge in [0.2, 0.25) is 0 Å². The number of carboxylic acid groups (broad SMARTS) is 1. The topological polar surface area (TPSA) is 59.4 Å². The van der Waals surface area contributed by atoms with Gasteiger partial charge in [0.1, 0.15) is 5.75 Å². The van der Waals surface area contributed by atoms with Gasteiger partial charge in [0, 0.05) is 16.1 Å². The fraction of sp³-hybridized carbons (Fsp3) is 0.238. The Morgan fingerprint density at radius 1 is 1.15 bits per heavy atom. The number of aryl methyl sites for hydroxylation is 3. The third-order valence-corrected chi connectivity index (χ3v) is 4.68. The summed E-state index contributed by atoms with van der Waals surface area (Å²) in [4.78, 5) is 15.7. The van der Waals surface area contributed by atoms with Gasteiger partial charge in [-0.2, -0.15) is 0 Å². The lowest BCUT2D eigenvalue weighted by Crippen LogP contribution is -2.10. The van der Waals surface area contributed by atoms with E-state index < -0.39 is 5.97 Å². The van der Waals surface area contributed by atoms with Crippen LogP contribution in [-0.4, -0.2) is 22.7 Å². The van der Waals surface area contributed by atoms with E-state index in [0.717, 1.165) is 45.3 Å². The summed E-state index contributed by atoms with van der Waals surface area (Å²) in [6, 6.07) is 11.6. The van der Waals surface area contributed by atoms with Crippen LogP contribution in [0.25, 0.3) is 10.9 Å². The summed E-state index contributed by atoms with van der Waals surface area (Å²) in [5.74, 6) is -0.441. The Morgan fingerprint density at radius 2 is 1.85 bits per heavy atom. The molecule has 3 rings (SSSR count). The maximum Gasteiger partial charge on any atom is 0.341 e. The van der Waals surface area contributed by atoms with Crippen LogP contribution in [0.3, 0.4) is 0 Å². The highest BCUT2D eigenvalue weighted by molar-refractivity contribution is 6.30. The van der Waals surface area contributed by atoms with E-state index in [0.29, 0.717) is 10.8 Å². The molecule has 0 atom stereocenters. The molecule has 0 bridgehead atoms. The highest BCUT2D eigenvalue weighted by atomic mass is 35.5. The van der Waals surface area contributed by atoms with Crippen molar-refractivity contribution in [2.24, 2.45) is 0 Å². The lowest BCUT2D eigenvalue weighted by atomic mass is 9.95. The standard InChI is InChI=1S/C21H20ClNO3/c1-12-8-18-21(19(9-12)26-11-20(24)25)13(2)17(14(3)23-18)10-15-4-6-16(22)7-5-15/h4-9H,10-11H2,1-3H3,(H,24,25). The second-order valence-corrected chi connectivity index (χ2v) is 6.88. The van der Waals surface area contributed by atoms with Crippen LogP contribution in [0.15, 0.2) is 36.4 Å². The number of rotatable bonds is 5. The van der Waals surface area contributed by atoms with Crippen molar-refractivity contribution < 1.29 is 14.6 Å². The van der Waals surface area contributed by atoms with Gasteiger partial charge >= 0.3 is 5.97 Å². The van der Waals surface area contributed by atoms with Crippen LogP contribution in [0.1, 0.15) is 27.9 Å². The number of carboxylic acids is 1. The average Bonchev–Trinajstić information content (AvgIpc) is 2.57. The van der Waals surface area contributed by atoms with Gasteiger partial charge in [-0.3, -0.25) is 4.98 Å². The Balaban J connectivity index is 2.12. The molecule has 0 unspecified atom stereocenters. The summed E-state index contributed by atoms with van der Waals surface area (Å²) < 4.78 is 5.55. The number of nitrogens with zero attached hydrogens (tertiary/aromatic N) is 1. The molecule has 0 aliphatic rings. The molecule has 134 valence electrons. The first-order chi connectivity index (χ1) is 12.3. The monoisotopic (exact) mass is 369 g/mol. The molecule has 0 spiro atoms. The SMILES string of the molecule is Cc1cc(OCC(=O)O)c2c(C)c(Cc3ccc(Cl)cc3)c(C)nc2c1. The highest BCUT2D eigenvalue weighted by Crippen LogP contribution is 2.33. The predicted molar refractivity (Wildman–Crippen MR) is 103 cm³/mol. The largest absolute Gasteiger partial charge is 0.481 e. The van der Waals surface area contributed by atoms with Crippen molar-refractivity contribution >= 4 is 28.5 Å². The van der Waals surface area contributed by atoms with Gasteiger partial charge in [-0.1, -0.05) is 23.7 Å². The number of fused-ring (bicyclic) bond motifs is 1. The number of hydrogen-bond acceptors (Lipinski definition) is 3. The highest BCUT2D eigenvalue weighted by Gasteiger charge is 2.15. The van der Waals surface area contributed by atoms with E-state index in [1.807, 2.05) is 57.2 Å². The van der Waals surface area contributed by atoms with Gasteiger partial charge < -0.3 is 9.84 Å². The quantitative estimate of drug-likeness (QED) is 0.697. The molecule has 0 amide bonds. The fourth-order valence-electron chi connectivity index (χ4n) is 3.19. The lowest BCUT2D eigenvalue weighted by molar-refractivity contribution is -0.139. The zero-order chi connectivity index (χ0) is 18.8. The molecule has 1 N–H and O–H groups in total. The van der Waals surface area contributed by atoms with Crippen molar-refractivity contribution in [1.29, 1.82) is 0 Å². The molecule has 0 fully saturated rings. The average molecular weight is 370 g/mol. The molecule has 1 heterocycles. The minimum Gasteiger partial charge on any atom is -0.481 e. The maximum atomic E-state index is 10.9. The van der Waals surface area contributed by atoms with Crippen LogP contribution in [0.2, 0.25) is 5.02 Å². The second kappa shape index (κ2) is 7.34. The third kappa shape index (κ3) is 3.81. The Bertz CT molecular complexity index is 981. The van der Waals surface area contributed by atoms with E-state index in [2.05, 4.69) is 0 Å². The molecule has 0 aliphatic heterocycles. The summed E-state index contributed by atoms with van der Waals surface area (Å²) in [6.07, 6.45) is 0.726. The predicted octanol–water partition coefficient (Wildman–Crippen LogP) is 4.87. The number of halogens is 1. The van der Waals surface area contributed by atoms with Crippen LogP contribution in [0.4, 0.5) is 0 Å². The van der Waals surface area contributed by atoms with Crippen molar-refractivity contribution in [1.82, 2.24) is 4.98 Å². The molecular formula is C21H20ClNO3. The number of ether oxygens (including phenoxy) is 1. The van der Waals surface area contributed by atoms with Crippen LogP contribution < -0.4 is 4.74 Å². The van der Waals surface area contributed by atoms with E-state index >= 15 is 0 Å². The molecular weight excluding hydrogens is 350 g/mol. The smallest absolute Gasteiger partial charge is 0.341 e. The summed E-state index contributed by atoms with van der Waals surface area (Å²) in [5, 5.41) is 10.5. The van der Waals surface area contributed by atoms with Crippen LogP contribution in [0, 0.1) is 20.8 Å². The number of hydrogen-bond donors (Lipinski definition) is 1. The molecule has 2 aromatic carbocycles. The van der Waals surface area contributed by atoms with Crippen molar-refractivity contribution in [2.75, 3.05) is 6.61 Å². The van der Waals surface area contributed by atoms with E-state index in [1.54, 1.807) is 0 Å². The maximum absolute atomic E-state index is 10.9. The lowest BCUT2D eigenvalue weighted by Gasteiger charge is -2.16. The molecule has 0 saturated carbocycles. The number of aromatic nitrogens is 1. The summed E-state index contributed by atoms with van der Waals surface area (Å²) in [7, 11) is 0. The number of pyridine rings is 1. The molecule has 0 radical (unpaired) electrons. The van der Waals surface area contributed by atoms with Gasteiger partial charge in [-0.25, -0.2) is 4.79 Å². The fourth-order valence-corrected chi connectivity index (χ4v) is 3.32. The molecule has 0 aliphatic carbocycles. The van der Waals surface area contributed by atoms with Crippen molar-refractivity contribution in [3.63, 3.8) is 0 Å². The van der Waals surface area contributed by atoms with E-state index in [4.69, 9.17) is 26.4 Å². The number of benzene rings is 2. The minimum atomic E-state index is -1.00. The van der Waals surface area contributed by atoms with Gasteiger partial charge in [0.25, 0.3) is 0 Å². The Kier molecular flexibility index (Phi) is 5.14. The Hall–Kier alpha value is -2.59. The van der Waals surface area contributed by atoms with E-state index in [9.17, 15) is 4.79 Å². The molecule has 4 nitrogen and oxygen atoms in total. The number of carbonyl (C=O) groups is 1. The normalized spacial score (nSPS) is 10.9. The van der Waals surface area contributed by atoms with Crippen LogP contribution in [0.5, 0.6) is 5.75 Å². The third-order valence-electron chi connectivity index (χ3n) is 4.42. The summed E-state index contributed by atoms with van der Waals surface area (Å²) >= 11 is 5.97. The van der Waals surface area contributed by atoms with Gasteiger partial charge in [-0.05, 0) is 73.7 Å². The summed E-state index contributed by atoms with van der Waals surface area (Å²) in [5.41, 5.74) is 6.07. The van der Waals surface area contributed by atoms with Gasteiger partial charge in [0.05, 0.1) is 5.52 Å². The van der Waals surface area contributed by atoms with Gasteiger partial charge in [0.15, 0.2) is 6.61 Å². The van der Waals surface area contributed by atoms with Crippen LogP contribution in [-0.2, 0) is 11.2 Å². The zero-order valence-corrected chi connectivity index (χ0v) is 15.7. The summed E-state index contributed by atoms with van der Waals surface area (Å²) in [6.45, 7) is 5.60. The number of aliphatic carboxylic acids is 1. The molecule has 5 heteroatoms. The van der Waals surface area contributed by atoms with Gasteiger partial charge in [-0.15, -0.1) is 0 Å². The first-order valence-electron chi connectivity index (χ1n) is 8.34. The van der Waals surface area contributed by atoms with Crippen molar-refractivity contribution in [3.05, 3.63) is 69.4 Å². The molecule has 1 aromatic heterocycles. The van der Waals surface area contributed by atoms with Crippen LogP contribution >= 0.6 is 11.6 Å². The first-order valence-corrected chi connectivity index (χ1v) is 8.72.